The third kappa shape index (κ3) is 4.61. The first kappa shape index (κ1) is 22.6. The van der Waals surface area contributed by atoms with Gasteiger partial charge in [-0.3, -0.25) is 19.1 Å². The number of ether oxygens (including phenoxy) is 1. The summed E-state index contributed by atoms with van der Waals surface area (Å²) < 4.78 is 7.04. The zero-order chi connectivity index (χ0) is 23.5. The zero-order valence-electron chi connectivity index (χ0n) is 18.6. The molecular formula is C26H24ClN3O3. The van der Waals surface area contributed by atoms with Gasteiger partial charge in [-0.1, -0.05) is 17.7 Å². The third-order valence-electron chi connectivity index (χ3n) is 5.68. The van der Waals surface area contributed by atoms with E-state index in [9.17, 15) is 9.59 Å². The van der Waals surface area contributed by atoms with Crippen molar-refractivity contribution in [1.29, 1.82) is 0 Å². The lowest BCUT2D eigenvalue weighted by Crippen LogP contribution is -2.28. The van der Waals surface area contributed by atoms with Crippen LogP contribution in [-0.2, 0) is 11.2 Å². The second-order valence-electron chi connectivity index (χ2n) is 7.82. The number of carbonyl (C=O) groups excluding carboxylic acids is 2. The van der Waals surface area contributed by atoms with Crippen LogP contribution in [0.2, 0.25) is 5.02 Å². The number of benzene rings is 2. The average molecular weight is 462 g/mol. The van der Waals surface area contributed by atoms with Crippen molar-refractivity contribution in [2.24, 2.45) is 0 Å². The van der Waals surface area contributed by atoms with Crippen molar-refractivity contribution in [2.45, 2.75) is 26.3 Å². The van der Waals surface area contributed by atoms with E-state index < -0.39 is 0 Å². The standard InChI is InChI=1S/C26H24ClN3O3/c1-16(23-6-4-5-13-28-23)29-25(31)15-21-17(2)30(24-12-11-20(33-3)14-22(21)24)26(32)18-7-9-19(27)10-8-18/h4-14,16H,15H2,1-3H3,(H,29,31)/t16-/m0/s1. The summed E-state index contributed by atoms with van der Waals surface area (Å²) in [7, 11) is 1.59. The van der Waals surface area contributed by atoms with E-state index >= 15 is 0 Å². The van der Waals surface area contributed by atoms with Gasteiger partial charge in [-0.05, 0) is 74.0 Å². The Hall–Kier alpha value is -3.64. The average Bonchev–Trinajstić information content (AvgIpc) is 3.10. The summed E-state index contributed by atoms with van der Waals surface area (Å²) in [5, 5.41) is 4.36. The molecule has 4 aromatic rings. The Balaban J connectivity index is 1.71. The number of hydrogen-bond acceptors (Lipinski definition) is 4. The Kier molecular flexibility index (Phi) is 6.47. The van der Waals surface area contributed by atoms with Gasteiger partial charge in [0, 0.05) is 27.9 Å². The highest BCUT2D eigenvalue weighted by Crippen LogP contribution is 2.31. The molecule has 0 aliphatic heterocycles. The summed E-state index contributed by atoms with van der Waals surface area (Å²) in [4.78, 5) is 30.6. The minimum atomic E-state index is -0.238. The number of pyridine rings is 1. The number of amides is 1. The van der Waals surface area contributed by atoms with Crippen molar-refractivity contribution in [3.8, 4) is 5.75 Å². The Labute approximate surface area is 197 Å². The van der Waals surface area contributed by atoms with Gasteiger partial charge in [0.1, 0.15) is 5.75 Å². The lowest BCUT2D eigenvalue weighted by Gasteiger charge is -2.13. The van der Waals surface area contributed by atoms with Gasteiger partial charge in [0.2, 0.25) is 5.91 Å². The number of methoxy groups -OCH3 is 1. The van der Waals surface area contributed by atoms with Crippen LogP contribution in [0.4, 0.5) is 0 Å². The fraction of sp³-hybridized carbons (Fsp3) is 0.192. The van der Waals surface area contributed by atoms with E-state index in [0.29, 0.717) is 27.5 Å². The maximum atomic E-state index is 13.4. The molecule has 0 unspecified atom stereocenters. The van der Waals surface area contributed by atoms with E-state index in [-0.39, 0.29) is 24.3 Å². The van der Waals surface area contributed by atoms with Crippen molar-refractivity contribution in [2.75, 3.05) is 7.11 Å². The fourth-order valence-corrected chi connectivity index (χ4v) is 4.08. The van der Waals surface area contributed by atoms with Crippen LogP contribution in [0.5, 0.6) is 5.75 Å². The molecule has 0 fully saturated rings. The molecule has 0 bridgehead atoms. The first-order chi connectivity index (χ1) is 15.9. The predicted octanol–water partition coefficient (Wildman–Crippen LogP) is 5.12. The number of aromatic nitrogens is 2. The number of fused-ring (bicyclic) bond motifs is 1. The molecule has 1 amide bonds. The quantitative estimate of drug-likeness (QED) is 0.432. The molecule has 0 spiro atoms. The second-order valence-corrected chi connectivity index (χ2v) is 8.25. The largest absolute Gasteiger partial charge is 0.497 e. The van der Waals surface area contributed by atoms with E-state index in [1.807, 2.05) is 44.2 Å². The van der Waals surface area contributed by atoms with Crippen LogP contribution in [0, 0.1) is 6.92 Å². The van der Waals surface area contributed by atoms with E-state index in [1.165, 1.54) is 0 Å². The summed E-state index contributed by atoms with van der Waals surface area (Å²) >= 11 is 5.99. The molecular weight excluding hydrogens is 438 g/mol. The first-order valence-electron chi connectivity index (χ1n) is 10.6. The van der Waals surface area contributed by atoms with Gasteiger partial charge in [-0.2, -0.15) is 0 Å². The molecule has 0 saturated heterocycles. The smallest absolute Gasteiger partial charge is 0.262 e. The van der Waals surface area contributed by atoms with Gasteiger partial charge in [0.25, 0.3) is 5.91 Å². The topological polar surface area (TPSA) is 73.2 Å². The second kappa shape index (κ2) is 9.46. The number of nitrogens with one attached hydrogen (secondary N) is 1. The van der Waals surface area contributed by atoms with Crippen LogP contribution in [-0.4, -0.2) is 28.5 Å². The van der Waals surface area contributed by atoms with Gasteiger partial charge >= 0.3 is 0 Å². The molecule has 33 heavy (non-hydrogen) atoms. The molecule has 0 aliphatic carbocycles. The normalized spacial score (nSPS) is 11.9. The lowest BCUT2D eigenvalue weighted by molar-refractivity contribution is -0.121. The number of rotatable bonds is 6. The molecule has 2 heterocycles. The lowest BCUT2D eigenvalue weighted by atomic mass is 10.1. The highest BCUT2D eigenvalue weighted by atomic mass is 35.5. The Morgan fingerprint density at radius 2 is 1.88 bits per heavy atom. The fourth-order valence-electron chi connectivity index (χ4n) is 3.95. The van der Waals surface area contributed by atoms with E-state index in [0.717, 1.165) is 16.6 Å². The molecule has 0 saturated carbocycles. The third-order valence-corrected chi connectivity index (χ3v) is 5.93. The summed E-state index contributed by atoms with van der Waals surface area (Å²) in [5.41, 5.74) is 3.49. The monoisotopic (exact) mass is 461 g/mol. The highest BCUT2D eigenvalue weighted by molar-refractivity contribution is 6.30. The maximum absolute atomic E-state index is 13.4. The van der Waals surface area contributed by atoms with E-state index in [1.54, 1.807) is 48.2 Å². The molecule has 0 radical (unpaired) electrons. The molecule has 2 aromatic heterocycles. The van der Waals surface area contributed by atoms with Crippen molar-refractivity contribution in [3.63, 3.8) is 0 Å². The first-order valence-corrected chi connectivity index (χ1v) is 11.0. The molecule has 4 rings (SSSR count). The van der Waals surface area contributed by atoms with E-state index in [4.69, 9.17) is 16.3 Å². The van der Waals surface area contributed by atoms with Gasteiger partial charge in [0.05, 0.1) is 30.8 Å². The van der Waals surface area contributed by atoms with Crippen LogP contribution < -0.4 is 10.1 Å². The predicted molar refractivity (Wildman–Crippen MR) is 129 cm³/mol. The van der Waals surface area contributed by atoms with Crippen molar-refractivity contribution >= 4 is 34.3 Å². The summed E-state index contributed by atoms with van der Waals surface area (Å²) in [5.74, 6) is 0.312. The zero-order valence-corrected chi connectivity index (χ0v) is 19.4. The van der Waals surface area contributed by atoms with Crippen LogP contribution in [0.25, 0.3) is 10.9 Å². The number of carbonyl (C=O) groups is 2. The number of halogens is 1. The van der Waals surface area contributed by atoms with Crippen LogP contribution >= 0.6 is 11.6 Å². The van der Waals surface area contributed by atoms with Crippen molar-refractivity contribution < 1.29 is 14.3 Å². The number of hydrogen-bond donors (Lipinski definition) is 1. The van der Waals surface area contributed by atoms with Gasteiger partial charge in [-0.25, -0.2) is 0 Å². The SMILES string of the molecule is COc1ccc2c(c1)c(CC(=O)N[C@@H](C)c1ccccn1)c(C)n2C(=O)c1ccc(Cl)cc1. The molecule has 7 heteroatoms. The van der Waals surface area contributed by atoms with Gasteiger partial charge in [-0.15, -0.1) is 0 Å². The molecule has 2 aromatic carbocycles. The minimum absolute atomic E-state index is 0.119. The summed E-state index contributed by atoms with van der Waals surface area (Å²) in [6, 6.07) is 17.6. The minimum Gasteiger partial charge on any atom is -0.497 e. The Morgan fingerprint density at radius 3 is 2.55 bits per heavy atom. The van der Waals surface area contributed by atoms with Gasteiger partial charge in [0.15, 0.2) is 0 Å². The number of nitrogens with zero attached hydrogens (tertiary/aromatic N) is 2. The highest BCUT2D eigenvalue weighted by Gasteiger charge is 2.22. The summed E-state index contributed by atoms with van der Waals surface area (Å²) in [6.45, 7) is 3.74. The molecule has 0 aliphatic rings. The van der Waals surface area contributed by atoms with Crippen LogP contribution in [0.15, 0.2) is 66.9 Å². The van der Waals surface area contributed by atoms with Crippen molar-refractivity contribution in [3.05, 3.63) is 94.4 Å². The van der Waals surface area contributed by atoms with Crippen LogP contribution in [0.1, 0.15) is 40.3 Å². The Morgan fingerprint density at radius 1 is 1.12 bits per heavy atom. The molecule has 1 N–H and O–H groups in total. The van der Waals surface area contributed by atoms with Gasteiger partial charge < -0.3 is 10.1 Å². The molecule has 1 atom stereocenters. The molecule has 6 nitrogen and oxygen atoms in total. The maximum Gasteiger partial charge on any atom is 0.262 e. The van der Waals surface area contributed by atoms with Crippen molar-refractivity contribution in [1.82, 2.24) is 14.9 Å². The summed E-state index contributed by atoms with van der Waals surface area (Å²) in [6.07, 6.45) is 1.82. The Bertz CT molecular complexity index is 1310. The van der Waals surface area contributed by atoms with E-state index in [2.05, 4.69) is 10.3 Å². The molecule has 168 valence electrons. The van der Waals surface area contributed by atoms with Crippen LogP contribution in [0.3, 0.4) is 0 Å².